The molecule has 57 heavy (non-hydrogen) atoms. The summed E-state index contributed by atoms with van der Waals surface area (Å²) >= 11 is 6.56. The molecule has 5 aromatic rings. The number of hydrogen-bond acceptors (Lipinski definition) is 12. The highest BCUT2D eigenvalue weighted by atomic mass is 35.5. The van der Waals surface area contributed by atoms with Crippen molar-refractivity contribution < 1.29 is 23.5 Å². The number of halogens is 2. The van der Waals surface area contributed by atoms with E-state index in [1.807, 2.05) is 19.9 Å². The molecule has 1 atom stereocenters. The Morgan fingerprint density at radius 2 is 1.88 bits per heavy atom. The van der Waals surface area contributed by atoms with Crippen molar-refractivity contribution in [3.8, 4) is 5.75 Å². The lowest BCUT2D eigenvalue weighted by Crippen LogP contribution is -2.59. The Hall–Kier alpha value is -5.84. The van der Waals surface area contributed by atoms with Crippen LogP contribution in [0.1, 0.15) is 70.0 Å². The summed E-state index contributed by atoms with van der Waals surface area (Å²) in [6.45, 7) is 4.98. The number of piperidine rings is 1. The van der Waals surface area contributed by atoms with Gasteiger partial charge in [-0.25, -0.2) is 14.4 Å². The molecule has 1 spiro atoms. The molecular weight excluding hydrogens is 757 g/mol. The molecule has 298 valence electrons. The second kappa shape index (κ2) is 14.9. The Morgan fingerprint density at radius 3 is 2.60 bits per heavy atom. The minimum Gasteiger partial charge on any atom is -0.478 e. The van der Waals surface area contributed by atoms with E-state index in [1.165, 1.54) is 17.7 Å². The molecule has 8 rings (SSSR count). The zero-order valence-electron chi connectivity index (χ0n) is 32.0. The van der Waals surface area contributed by atoms with Crippen LogP contribution in [0.25, 0.3) is 21.9 Å². The average Bonchev–Trinajstić information content (AvgIpc) is 3.50. The van der Waals surface area contributed by atoms with Crippen LogP contribution in [0.3, 0.4) is 0 Å². The lowest BCUT2D eigenvalue weighted by molar-refractivity contribution is -0.134. The molecule has 4 N–H and O–H groups in total. The van der Waals surface area contributed by atoms with Gasteiger partial charge in [0.25, 0.3) is 11.5 Å². The predicted molar refractivity (Wildman–Crippen MR) is 213 cm³/mol. The highest BCUT2D eigenvalue weighted by molar-refractivity contribution is 6.33. The summed E-state index contributed by atoms with van der Waals surface area (Å²) in [4.78, 5) is 65.4. The molecule has 6 heterocycles. The molecule has 1 aromatic carbocycles. The zero-order chi connectivity index (χ0) is 40.2. The number of pyridine rings is 2. The Bertz CT molecular complexity index is 2490. The number of carbonyl (C=O) groups excluding carboxylic acids is 3. The van der Waals surface area contributed by atoms with E-state index in [-0.39, 0.29) is 65.4 Å². The Morgan fingerprint density at radius 1 is 1.11 bits per heavy atom. The number of imide groups is 1. The Kier molecular flexibility index (Phi) is 9.96. The number of nitrogens with one attached hydrogen (secondary N) is 4. The van der Waals surface area contributed by atoms with Crippen LogP contribution in [0, 0.1) is 11.2 Å². The van der Waals surface area contributed by atoms with Crippen molar-refractivity contribution in [1.29, 1.82) is 0 Å². The predicted octanol–water partition coefficient (Wildman–Crippen LogP) is 4.70. The summed E-state index contributed by atoms with van der Waals surface area (Å²) in [7, 11) is 3.24. The number of likely N-dealkylation sites (N-methyl/N-ethyl adjacent to an activating group) is 1. The van der Waals surface area contributed by atoms with Gasteiger partial charge in [-0.1, -0.05) is 11.6 Å². The van der Waals surface area contributed by atoms with E-state index in [0.717, 1.165) is 38.8 Å². The van der Waals surface area contributed by atoms with Crippen molar-refractivity contribution in [2.24, 2.45) is 12.5 Å². The summed E-state index contributed by atoms with van der Waals surface area (Å²) in [5, 5.41) is 17.9. The first kappa shape index (κ1) is 38.1. The third kappa shape index (κ3) is 7.19. The zero-order valence-corrected chi connectivity index (χ0v) is 32.7. The van der Waals surface area contributed by atoms with E-state index in [2.05, 4.69) is 41.2 Å². The fraction of sp³-hybridized carbons (Fsp3) is 0.436. The fourth-order valence-corrected chi connectivity index (χ4v) is 8.46. The number of nitrogens with zero attached hydrogens (tertiary/aromatic N) is 7. The lowest BCUT2D eigenvalue weighted by atomic mass is 9.67. The molecule has 18 heteroatoms. The Labute approximate surface area is 331 Å². The van der Waals surface area contributed by atoms with E-state index in [4.69, 9.17) is 21.3 Å². The van der Waals surface area contributed by atoms with Gasteiger partial charge in [-0.3, -0.25) is 33.7 Å². The van der Waals surface area contributed by atoms with Gasteiger partial charge in [0, 0.05) is 61.9 Å². The third-order valence-corrected chi connectivity index (χ3v) is 11.5. The second-order valence-electron chi connectivity index (χ2n) is 15.5. The molecule has 2 saturated heterocycles. The largest absolute Gasteiger partial charge is 0.478 e. The van der Waals surface area contributed by atoms with Crippen LogP contribution < -0.4 is 36.5 Å². The van der Waals surface area contributed by atoms with E-state index in [0.29, 0.717) is 62.2 Å². The summed E-state index contributed by atoms with van der Waals surface area (Å²) in [5.74, 6) is -1.01. The number of benzene rings is 1. The van der Waals surface area contributed by atoms with Gasteiger partial charge in [-0.15, -0.1) is 0 Å². The van der Waals surface area contributed by atoms with Crippen molar-refractivity contribution in [2.45, 2.75) is 70.4 Å². The van der Waals surface area contributed by atoms with Crippen LogP contribution in [0.2, 0.25) is 5.02 Å². The first-order valence-corrected chi connectivity index (χ1v) is 19.4. The molecule has 3 fully saturated rings. The molecule has 4 aromatic heterocycles. The number of fused-ring (bicyclic) bond motifs is 2. The molecule has 3 amide bonds. The molecule has 1 saturated carbocycles. The van der Waals surface area contributed by atoms with Crippen LogP contribution in [0.15, 0.2) is 41.5 Å². The fourth-order valence-electron chi connectivity index (χ4n) is 8.32. The topological polar surface area (TPSA) is 190 Å². The molecule has 0 bridgehead atoms. The number of hydrogen-bond donors (Lipinski definition) is 4. The van der Waals surface area contributed by atoms with Gasteiger partial charge in [0.2, 0.25) is 17.8 Å². The number of carbonyl (C=O) groups is 3. The van der Waals surface area contributed by atoms with Crippen molar-refractivity contribution in [2.75, 3.05) is 42.3 Å². The smallest absolute Gasteiger partial charge is 0.294 e. The maximum absolute atomic E-state index is 15.4. The van der Waals surface area contributed by atoms with Crippen molar-refractivity contribution in [3.05, 3.63) is 63.5 Å². The number of ether oxygens (including phenoxy) is 1. The average molecular weight is 800 g/mol. The van der Waals surface area contributed by atoms with E-state index >= 15 is 4.39 Å². The lowest BCUT2D eigenvalue weighted by Gasteiger charge is -2.53. The first-order valence-electron chi connectivity index (χ1n) is 19.0. The minimum atomic E-state index is -0.573. The minimum absolute atomic E-state index is 0.0381. The number of aryl methyl sites for hydroxylation is 1. The van der Waals surface area contributed by atoms with Gasteiger partial charge in [0.05, 0.1) is 40.9 Å². The highest BCUT2D eigenvalue weighted by Crippen LogP contribution is 2.46. The molecule has 0 radical (unpaired) electrons. The van der Waals surface area contributed by atoms with Crippen LogP contribution >= 0.6 is 11.6 Å². The van der Waals surface area contributed by atoms with Crippen molar-refractivity contribution in [3.63, 3.8) is 0 Å². The van der Waals surface area contributed by atoms with Gasteiger partial charge in [0.15, 0.2) is 18.2 Å². The molecule has 1 aliphatic carbocycles. The normalized spacial score (nSPS) is 18.2. The van der Waals surface area contributed by atoms with Crippen LogP contribution in [-0.4, -0.2) is 79.8 Å². The maximum Gasteiger partial charge on any atom is 0.294 e. The van der Waals surface area contributed by atoms with Crippen LogP contribution in [0.5, 0.6) is 5.75 Å². The third-order valence-electron chi connectivity index (χ3n) is 11.3. The summed E-state index contributed by atoms with van der Waals surface area (Å²) in [5.41, 5.74) is 2.27. The van der Waals surface area contributed by atoms with Crippen LogP contribution in [-0.2, 0) is 21.4 Å². The van der Waals surface area contributed by atoms with Gasteiger partial charge < -0.3 is 25.6 Å². The molecular formula is C39H43ClFN11O5. The molecule has 1 unspecified atom stereocenters. The van der Waals surface area contributed by atoms with Gasteiger partial charge in [-0.05, 0) is 70.2 Å². The van der Waals surface area contributed by atoms with Gasteiger partial charge >= 0.3 is 0 Å². The van der Waals surface area contributed by atoms with Gasteiger partial charge in [-0.2, -0.15) is 10.1 Å². The van der Waals surface area contributed by atoms with Crippen LogP contribution in [0.4, 0.5) is 27.5 Å². The SMILES string of the molecule is CNC(=O)COc1cc2cc(Nc3nc(N4CC5(CCC(Nc6c(F)ccc7c(C8CCC(=O)NC8=O)nn(C)c67)CC5)C4)ncc3Cl)cnc2n(C(C)C)c1=O. The molecule has 16 nitrogen and oxygen atoms in total. The number of amides is 3. The molecule has 2 aliphatic heterocycles. The standard InChI is InChI=1S/C39H43ClFN11O5/c1-20(2)52-35-21(14-28(37(52)56)57-17-30(54)42-3)13-23(15-43-35)46-34-26(40)16-44-38(48-34)51-18-39(19-51)11-9-22(10-12-39)45-32-27(41)7-5-24-31(49-50(4)33(24)32)25-6-8-29(53)47-36(25)55/h5,7,13-16,20,22,25,45H,6,8-12,17-19H2,1-4H3,(H,42,54)(H,44,46,48)(H,47,53,55). The summed E-state index contributed by atoms with van der Waals surface area (Å²) in [6, 6.07) is 6.29. The van der Waals surface area contributed by atoms with E-state index in [1.54, 1.807) is 36.3 Å². The number of rotatable bonds is 10. The first-order chi connectivity index (χ1) is 27.3. The molecule has 3 aliphatic rings. The monoisotopic (exact) mass is 799 g/mol. The number of anilines is 4. The second-order valence-corrected chi connectivity index (χ2v) is 15.9. The number of aromatic nitrogens is 6. The summed E-state index contributed by atoms with van der Waals surface area (Å²) < 4.78 is 24.1. The maximum atomic E-state index is 15.4. The van der Waals surface area contributed by atoms with E-state index in [9.17, 15) is 19.2 Å². The van der Waals surface area contributed by atoms with Crippen molar-refractivity contribution in [1.82, 2.24) is 39.9 Å². The Balaban J connectivity index is 0.931. The van der Waals surface area contributed by atoms with Crippen molar-refractivity contribution >= 4 is 74.4 Å². The quantitative estimate of drug-likeness (QED) is 0.143. The van der Waals surface area contributed by atoms with E-state index < -0.39 is 5.92 Å². The highest BCUT2D eigenvalue weighted by Gasteiger charge is 2.46. The summed E-state index contributed by atoms with van der Waals surface area (Å²) in [6.07, 6.45) is 7.32. The van der Waals surface area contributed by atoms with Gasteiger partial charge in [0.1, 0.15) is 16.5 Å².